The summed E-state index contributed by atoms with van der Waals surface area (Å²) < 4.78 is 11.1. The lowest BCUT2D eigenvalue weighted by Gasteiger charge is -2.30. The summed E-state index contributed by atoms with van der Waals surface area (Å²) in [5.41, 5.74) is -0.0370. The van der Waals surface area contributed by atoms with E-state index in [0.717, 1.165) is 19.4 Å². The van der Waals surface area contributed by atoms with Crippen molar-refractivity contribution < 1.29 is 9.47 Å². The van der Waals surface area contributed by atoms with Gasteiger partial charge in [0.2, 0.25) is 0 Å². The van der Waals surface area contributed by atoms with Crippen LogP contribution in [0.4, 0.5) is 0 Å². The second kappa shape index (κ2) is 5.28. The molecule has 1 heterocycles. The molecule has 0 N–H and O–H groups in total. The van der Waals surface area contributed by atoms with Crippen LogP contribution in [-0.4, -0.2) is 18.8 Å². The second-order valence-electron chi connectivity index (χ2n) is 3.67. The van der Waals surface area contributed by atoms with Gasteiger partial charge in [-0.25, -0.2) is 0 Å². The topological polar surface area (TPSA) is 18.5 Å². The number of hydrogen-bond acceptors (Lipinski definition) is 2. The SMILES string of the molecule is C=COCC1(CC)CCCCCO1. The molecule has 13 heavy (non-hydrogen) atoms. The fraction of sp³-hybridized carbons (Fsp3) is 0.818. The first kappa shape index (κ1) is 10.6. The van der Waals surface area contributed by atoms with Gasteiger partial charge in [0.1, 0.15) is 12.2 Å². The van der Waals surface area contributed by atoms with Gasteiger partial charge in [0.05, 0.1) is 6.26 Å². The van der Waals surface area contributed by atoms with Gasteiger partial charge < -0.3 is 9.47 Å². The molecule has 0 bridgehead atoms. The minimum atomic E-state index is -0.0370. The van der Waals surface area contributed by atoms with Gasteiger partial charge in [0, 0.05) is 6.61 Å². The van der Waals surface area contributed by atoms with E-state index in [9.17, 15) is 0 Å². The van der Waals surface area contributed by atoms with Crippen LogP contribution in [0.2, 0.25) is 0 Å². The average molecular weight is 184 g/mol. The van der Waals surface area contributed by atoms with Crippen molar-refractivity contribution in [1.82, 2.24) is 0 Å². The van der Waals surface area contributed by atoms with E-state index in [4.69, 9.17) is 9.47 Å². The maximum absolute atomic E-state index is 5.87. The normalized spacial score (nSPS) is 29.3. The molecule has 0 aromatic heterocycles. The summed E-state index contributed by atoms with van der Waals surface area (Å²) in [6.45, 7) is 7.26. The molecule has 0 radical (unpaired) electrons. The van der Waals surface area contributed by atoms with Crippen molar-refractivity contribution in [3.63, 3.8) is 0 Å². The van der Waals surface area contributed by atoms with Gasteiger partial charge in [-0.15, -0.1) is 0 Å². The van der Waals surface area contributed by atoms with Gasteiger partial charge in [-0.05, 0) is 19.3 Å². The zero-order valence-electron chi connectivity index (χ0n) is 8.55. The molecule has 0 aliphatic carbocycles. The third kappa shape index (κ3) is 3.03. The highest BCUT2D eigenvalue weighted by Gasteiger charge is 2.30. The standard InChI is InChI=1S/C11H20O2/c1-3-11(10-12-4-2)8-6-5-7-9-13-11/h4H,2-3,5-10H2,1H3. The Morgan fingerprint density at radius 1 is 1.46 bits per heavy atom. The molecule has 2 heteroatoms. The monoisotopic (exact) mass is 184 g/mol. The number of hydrogen-bond donors (Lipinski definition) is 0. The van der Waals surface area contributed by atoms with E-state index in [2.05, 4.69) is 13.5 Å². The first-order valence-corrected chi connectivity index (χ1v) is 5.19. The maximum Gasteiger partial charge on any atom is 0.116 e. The van der Waals surface area contributed by atoms with Crippen LogP contribution < -0.4 is 0 Å². The van der Waals surface area contributed by atoms with E-state index in [1.54, 1.807) is 0 Å². The van der Waals surface area contributed by atoms with Crippen LogP contribution in [0.1, 0.15) is 39.0 Å². The van der Waals surface area contributed by atoms with E-state index in [1.165, 1.54) is 25.5 Å². The molecule has 76 valence electrons. The highest BCUT2D eigenvalue weighted by molar-refractivity contribution is 4.81. The predicted molar refractivity (Wildman–Crippen MR) is 53.6 cm³/mol. The fourth-order valence-corrected chi connectivity index (χ4v) is 1.79. The highest BCUT2D eigenvalue weighted by Crippen LogP contribution is 2.27. The van der Waals surface area contributed by atoms with Crippen molar-refractivity contribution in [1.29, 1.82) is 0 Å². The number of rotatable bonds is 4. The van der Waals surface area contributed by atoms with Crippen LogP contribution in [0.15, 0.2) is 12.8 Å². The van der Waals surface area contributed by atoms with Crippen molar-refractivity contribution in [2.24, 2.45) is 0 Å². The van der Waals surface area contributed by atoms with Gasteiger partial charge in [-0.3, -0.25) is 0 Å². The van der Waals surface area contributed by atoms with Crippen LogP contribution in [0.25, 0.3) is 0 Å². The molecule has 0 aromatic rings. The lowest BCUT2D eigenvalue weighted by atomic mass is 9.95. The van der Waals surface area contributed by atoms with Crippen molar-refractivity contribution in [2.75, 3.05) is 13.2 Å². The van der Waals surface area contributed by atoms with Crippen LogP contribution in [0.5, 0.6) is 0 Å². The van der Waals surface area contributed by atoms with Gasteiger partial charge in [0.15, 0.2) is 0 Å². The van der Waals surface area contributed by atoms with Gasteiger partial charge in [-0.1, -0.05) is 26.3 Å². The molecule has 1 atom stereocenters. The van der Waals surface area contributed by atoms with E-state index < -0.39 is 0 Å². The molecule has 0 amide bonds. The first-order valence-electron chi connectivity index (χ1n) is 5.19. The summed E-state index contributed by atoms with van der Waals surface area (Å²) in [4.78, 5) is 0. The van der Waals surface area contributed by atoms with E-state index in [1.807, 2.05) is 0 Å². The summed E-state index contributed by atoms with van der Waals surface area (Å²) in [6, 6.07) is 0. The average Bonchev–Trinajstić information content (AvgIpc) is 2.41. The molecular weight excluding hydrogens is 164 g/mol. The third-order valence-corrected chi connectivity index (χ3v) is 2.79. The Morgan fingerprint density at radius 2 is 2.31 bits per heavy atom. The summed E-state index contributed by atoms with van der Waals surface area (Å²) in [7, 11) is 0. The van der Waals surface area contributed by atoms with Crippen LogP contribution in [0, 0.1) is 0 Å². The zero-order valence-corrected chi connectivity index (χ0v) is 8.55. The van der Waals surface area contributed by atoms with Crippen molar-refractivity contribution in [3.8, 4) is 0 Å². The summed E-state index contributed by atoms with van der Waals surface area (Å²) in [5.74, 6) is 0. The third-order valence-electron chi connectivity index (χ3n) is 2.79. The molecule has 2 nitrogen and oxygen atoms in total. The quantitative estimate of drug-likeness (QED) is 0.625. The highest BCUT2D eigenvalue weighted by atomic mass is 16.5. The summed E-state index contributed by atoms with van der Waals surface area (Å²) >= 11 is 0. The lowest BCUT2D eigenvalue weighted by molar-refractivity contribution is -0.0822. The maximum atomic E-state index is 5.87. The fourth-order valence-electron chi connectivity index (χ4n) is 1.79. The first-order chi connectivity index (χ1) is 6.33. The molecule has 1 saturated heterocycles. The van der Waals surface area contributed by atoms with E-state index in [0.29, 0.717) is 6.61 Å². The predicted octanol–water partition coefficient (Wildman–Crippen LogP) is 2.89. The Bertz CT molecular complexity index is 146. The Labute approximate surface area is 80.9 Å². The van der Waals surface area contributed by atoms with E-state index in [-0.39, 0.29) is 5.60 Å². The van der Waals surface area contributed by atoms with E-state index >= 15 is 0 Å². The molecular formula is C11H20O2. The Hall–Kier alpha value is -0.500. The zero-order chi connectivity index (χ0) is 9.57. The van der Waals surface area contributed by atoms with Crippen molar-refractivity contribution in [3.05, 3.63) is 12.8 Å². The second-order valence-corrected chi connectivity index (χ2v) is 3.67. The lowest BCUT2D eigenvalue weighted by Crippen LogP contribution is -2.36. The van der Waals surface area contributed by atoms with Crippen molar-refractivity contribution >= 4 is 0 Å². The summed E-state index contributed by atoms with van der Waals surface area (Å²) in [6.07, 6.45) is 7.39. The van der Waals surface area contributed by atoms with Gasteiger partial charge >= 0.3 is 0 Å². The number of ether oxygens (including phenoxy) is 2. The minimum absolute atomic E-state index is 0.0370. The Morgan fingerprint density at radius 3 is 3.00 bits per heavy atom. The van der Waals surface area contributed by atoms with Crippen LogP contribution >= 0.6 is 0 Å². The molecule has 1 unspecified atom stereocenters. The van der Waals surface area contributed by atoms with Crippen molar-refractivity contribution in [2.45, 2.75) is 44.6 Å². The molecule has 0 saturated carbocycles. The van der Waals surface area contributed by atoms with Crippen LogP contribution in [-0.2, 0) is 9.47 Å². The smallest absolute Gasteiger partial charge is 0.116 e. The Kier molecular flexibility index (Phi) is 4.29. The minimum Gasteiger partial charge on any atom is -0.499 e. The molecule has 0 spiro atoms. The van der Waals surface area contributed by atoms with Gasteiger partial charge in [-0.2, -0.15) is 0 Å². The molecule has 1 rings (SSSR count). The summed E-state index contributed by atoms with van der Waals surface area (Å²) in [5, 5.41) is 0. The molecule has 1 fully saturated rings. The molecule has 1 aliphatic rings. The van der Waals surface area contributed by atoms with Crippen LogP contribution in [0.3, 0.4) is 0 Å². The Balaban J connectivity index is 2.48. The van der Waals surface area contributed by atoms with Gasteiger partial charge in [0.25, 0.3) is 0 Å². The molecule has 0 aromatic carbocycles. The largest absolute Gasteiger partial charge is 0.499 e. The molecule has 1 aliphatic heterocycles.